The van der Waals surface area contributed by atoms with Crippen LogP contribution >= 0.6 is 0 Å². The first-order valence-corrected chi connectivity index (χ1v) is 7.42. The average molecular weight is 321 g/mol. The largest absolute Gasteiger partial charge is 0.444 e. The van der Waals surface area contributed by atoms with E-state index in [0.717, 1.165) is 0 Å². The molecule has 0 aromatic carbocycles. The van der Waals surface area contributed by atoms with Crippen LogP contribution in [0.5, 0.6) is 0 Å². The zero-order chi connectivity index (χ0) is 17.3. The Morgan fingerprint density at radius 3 is 2.57 bits per heavy atom. The summed E-state index contributed by atoms with van der Waals surface area (Å²) in [5, 5.41) is 2.60. The first-order valence-electron chi connectivity index (χ1n) is 7.42. The first-order chi connectivity index (χ1) is 10.6. The van der Waals surface area contributed by atoms with E-state index in [1.54, 1.807) is 38.8 Å². The Labute approximate surface area is 136 Å². The number of pyridine rings is 1. The zero-order valence-electron chi connectivity index (χ0n) is 14.2. The van der Waals surface area contributed by atoms with Gasteiger partial charge in [0.05, 0.1) is 13.1 Å². The molecule has 0 unspecified atom stereocenters. The van der Waals surface area contributed by atoms with E-state index in [2.05, 4.69) is 10.3 Å². The first kappa shape index (κ1) is 17.2. The minimum absolute atomic E-state index is 0.188. The van der Waals surface area contributed by atoms with Crippen LogP contribution in [0.15, 0.2) is 18.3 Å². The van der Waals surface area contributed by atoms with E-state index >= 15 is 0 Å². The van der Waals surface area contributed by atoms with Crippen LogP contribution in [0.2, 0.25) is 0 Å². The lowest BCUT2D eigenvalue weighted by Crippen LogP contribution is -2.62. The van der Waals surface area contributed by atoms with Crippen LogP contribution < -0.4 is 5.32 Å². The van der Waals surface area contributed by atoms with Gasteiger partial charge in [0.25, 0.3) is 5.91 Å². The molecule has 1 aromatic heterocycles. The number of rotatable bonds is 3. The Morgan fingerprint density at radius 2 is 2.00 bits per heavy atom. The third kappa shape index (κ3) is 4.41. The standard InChI is InChI=1S/C16H23N3O4/c1-15(2,3)23-14(21)18-11-6-7-17-12(8-11)13(20)19-9-16(4,10-19)22-5/h6-8H,9-10H2,1-5H3,(H,17,18,21). The Kier molecular flexibility index (Phi) is 4.61. The third-order valence-corrected chi connectivity index (χ3v) is 3.46. The summed E-state index contributed by atoms with van der Waals surface area (Å²) in [5.41, 5.74) is -0.135. The molecule has 7 nitrogen and oxygen atoms in total. The van der Waals surface area contributed by atoms with Gasteiger partial charge < -0.3 is 14.4 Å². The molecule has 2 amide bonds. The molecule has 23 heavy (non-hydrogen) atoms. The molecule has 0 saturated carbocycles. The van der Waals surface area contributed by atoms with Crippen molar-refractivity contribution < 1.29 is 19.1 Å². The molecule has 1 saturated heterocycles. The summed E-state index contributed by atoms with van der Waals surface area (Å²) in [6.45, 7) is 8.34. The van der Waals surface area contributed by atoms with E-state index in [0.29, 0.717) is 18.8 Å². The van der Waals surface area contributed by atoms with Crippen molar-refractivity contribution in [3.63, 3.8) is 0 Å². The van der Waals surface area contributed by atoms with Crippen molar-refractivity contribution in [2.75, 3.05) is 25.5 Å². The van der Waals surface area contributed by atoms with Gasteiger partial charge in [-0.05, 0) is 39.8 Å². The highest BCUT2D eigenvalue weighted by molar-refractivity contribution is 5.95. The molecule has 0 radical (unpaired) electrons. The van der Waals surface area contributed by atoms with Gasteiger partial charge in [-0.3, -0.25) is 15.1 Å². The van der Waals surface area contributed by atoms with Gasteiger partial charge in [0, 0.05) is 19.0 Å². The van der Waals surface area contributed by atoms with Crippen molar-refractivity contribution in [3.05, 3.63) is 24.0 Å². The van der Waals surface area contributed by atoms with E-state index < -0.39 is 11.7 Å². The van der Waals surface area contributed by atoms with Gasteiger partial charge >= 0.3 is 6.09 Å². The number of amides is 2. The maximum absolute atomic E-state index is 12.4. The molecular weight excluding hydrogens is 298 g/mol. The predicted molar refractivity (Wildman–Crippen MR) is 85.4 cm³/mol. The summed E-state index contributed by atoms with van der Waals surface area (Å²) in [6.07, 6.45) is 0.910. The van der Waals surface area contributed by atoms with Crippen molar-refractivity contribution in [2.45, 2.75) is 38.9 Å². The highest BCUT2D eigenvalue weighted by Gasteiger charge is 2.42. The van der Waals surface area contributed by atoms with Crippen LogP contribution in [0.4, 0.5) is 10.5 Å². The summed E-state index contributed by atoms with van der Waals surface area (Å²) < 4.78 is 10.5. The molecule has 7 heteroatoms. The zero-order valence-corrected chi connectivity index (χ0v) is 14.2. The summed E-state index contributed by atoms with van der Waals surface area (Å²) in [6, 6.07) is 3.14. The number of methoxy groups -OCH3 is 1. The molecule has 1 N–H and O–H groups in total. The van der Waals surface area contributed by atoms with Crippen LogP contribution in [0, 0.1) is 0 Å². The highest BCUT2D eigenvalue weighted by Crippen LogP contribution is 2.25. The molecule has 0 atom stereocenters. The van der Waals surface area contributed by atoms with E-state index in [4.69, 9.17) is 9.47 Å². The minimum atomic E-state index is -0.585. The molecule has 1 aliphatic heterocycles. The topological polar surface area (TPSA) is 80.8 Å². The fraction of sp³-hybridized carbons (Fsp3) is 0.562. The van der Waals surface area contributed by atoms with Crippen LogP contribution in [-0.2, 0) is 9.47 Å². The third-order valence-electron chi connectivity index (χ3n) is 3.46. The lowest BCUT2D eigenvalue weighted by atomic mass is 9.96. The van der Waals surface area contributed by atoms with Gasteiger partial charge in [0.2, 0.25) is 0 Å². The van der Waals surface area contributed by atoms with Crippen LogP contribution in [0.3, 0.4) is 0 Å². The van der Waals surface area contributed by atoms with Gasteiger partial charge in [-0.15, -0.1) is 0 Å². The quantitative estimate of drug-likeness (QED) is 0.924. The average Bonchev–Trinajstić information content (AvgIpc) is 2.41. The SMILES string of the molecule is COC1(C)CN(C(=O)c2cc(NC(=O)OC(C)(C)C)ccn2)C1. The maximum Gasteiger partial charge on any atom is 0.412 e. The predicted octanol–water partition coefficient (Wildman–Crippen LogP) is 2.29. The Hall–Kier alpha value is -2.15. The second-order valence-corrected chi connectivity index (χ2v) is 6.87. The maximum atomic E-state index is 12.4. The molecule has 1 fully saturated rings. The molecule has 1 aliphatic rings. The van der Waals surface area contributed by atoms with Crippen LogP contribution in [0.25, 0.3) is 0 Å². The van der Waals surface area contributed by atoms with E-state index in [9.17, 15) is 9.59 Å². The highest BCUT2D eigenvalue weighted by atomic mass is 16.6. The van der Waals surface area contributed by atoms with E-state index in [-0.39, 0.29) is 17.2 Å². The molecule has 0 spiro atoms. The molecule has 126 valence electrons. The monoisotopic (exact) mass is 321 g/mol. The fourth-order valence-electron chi connectivity index (χ4n) is 2.24. The van der Waals surface area contributed by atoms with Crippen LogP contribution in [-0.4, -0.2) is 53.3 Å². The Bertz CT molecular complexity index is 604. The van der Waals surface area contributed by atoms with Gasteiger partial charge in [0.15, 0.2) is 0 Å². The number of carbonyl (C=O) groups is 2. The van der Waals surface area contributed by atoms with E-state index in [1.807, 2.05) is 6.92 Å². The van der Waals surface area contributed by atoms with Gasteiger partial charge in [-0.1, -0.05) is 0 Å². The number of anilines is 1. The molecular formula is C16H23N3O4. The van der Waals surface area contributed by atoms with Crippen molar-refractivity contribution >= 4 is 17.7 Å². The number of nitrogens with one attached hydrogen (secondary N) is 1. The number of ether oxygens (including phenoxy) is 2. The molecule has 2 heterocycles. The summed E-state index contributed by atoms with van der Waals surface area (Å²) in [7, 11) is 1.63. The molecule has 0 bridgehead atoms. The number of likely N-dealkylation sites (tertiary alicyclic amines) is 1. The number of carbonyl (C=O) groups excluding carboxylic acids is 2. The fourth-order valence-corrected chi connectivity index (χ4v) is 2.24. The molecule has 0 aliphatic carbocycles. The molecule has 1 aromatic rings. The van der Waals surface area contributed by atoms with Crippen LogP contribution in [0.1, 0.15) is 38.2 Å². The minimum Gasteiger partial charge on any atom is -0.444 e. The van der Waals surface area contributed by atoms with Gasteiger partial charge in [-0.2, -0.15) is 0 Å². The smallest absolute Gasteiger partial charge is 0.412 e. The summed E-state index contributed by atoms with van der Waals surface area (Å²) in [5.74, 6) is -0.188. The number of aromatic nitrogens is 1. The summed E-state index contributed by atoms with van der Waals surface area (Å²) >= 11 is 0. The lowest BCUT2D eigenvalue weighted by Gasteiger charge is -2.46. The van der Waals surface area contributed by atoms with Crippen molar-refractivity contribution in [1.82, 2.24) is 9.88 Å². The second-order valence-electron chi connectivity index (χ2n) is 6.87. The second kappa shape index (κ2) is 6.16. The normalized spacial score (nSPS) is 16.5. The Morgan fingerprint density at radius 1 is 1.35 bits per heavy atom. The molecule has 2 rings (SSSR count). The van der Waals surface area contributed by atoms with Crippen molar-refractivity contribution in [2.24, 2.45) is 0 Å². The van der Waals surface area contributed by atoms with Gasteiger partial charge in [-0.25, -0.2) is 4.79 Å². The van der Waals surface area contributed by atoms with Crippen molar-refractivity contribution in [3.8, 4) is 0 Å². The Balaban J connectivity index is 2.00. The van der Waals surface area contributed by atoms with Crippen molar-refractivity contribution in [1.29, 1.82) is 0 Å². The lowest BCUT2D eigenvalue weighted by molar-refractivity contribution is -0.0949. The number of hydrogen-bond donors (Lipinski definition) is 1. The van der Waals surface area contributed by atoms with Gasteiger partial charge in [0.1, 0.15) is 16.9 Å². The number of hydrogen-bond acceptors (Lipinski definition) is 5. The summed E-state index contributed by atoms with van der Waals surface area (Å²) in [4.78, 5) is 29.9. The van der Waals surface area contributed by atoms with E-state index in [1.165, 1.54) is 12.3 Å². The number of nitrogens with zero attached hydrogens (tertiary/aromatic N) is 2.